The molecule has 3 rings (SSSR count). The molecular weight excluding hydrogens is 340 g/mol. The number of rotatable bonds is 7. The van der Waals surface area contributed by atoms with Crippen LogP contribution in [0.15, 0.2) is 48.8 Å². The van der Waals surface area contributed by atoms with Crippen LogP contribution >= 0.6 is 0 Å². The van der Waals surface area contributed by atoms with E-state index in [0.29, 0.717) is 24.4 Å². The average molecular weight is 366 g/mol. The molecule has 1 saturated heterocycles. The number of hydrogen-bond acceptors (Lipinski definition) is 6. The van der Waals surface area contributed by atoms with Crippen LogP contribution in [0.3, 0.4) is 0 Å². The third-order valence-electron chi connectivity index (χ3n) is 4.75. The van der Waals surface area contributed by atoms with E-state index >= 15 is 0 Å². The number of carbonyl (C=O) groups is 1. The van der Waals surface area contributed by atoms with Crippen molar-refractivity contribution in [3.8, 4) is 0 Å². The Morgan fingerprint density at radius 1 is 1.33 bits per heavy atom. The maximum atomic E-state index is 11.3. The minimum absolute atomic E-state index is 0.353. The van der Waals surface area contributed by atoms with Crippen molar-refractivity contribution in [3.63, 3.8) is 0 Å². The lowest BCUT2D eigenvalue weighted by atomic mass is 10.1. The molecule has 1 N–H and O–H groups in total. The summed E-state index contributed by atoms with van der Waals surface area (Å²) in [5, 5.41) is 3.46. The van der Waals surface area contributed by atoms with E-state index in [4.69, 9.17) is 4.74 Å². The molecule has 1 aliphatic heterocycles. The summed E-state index contributed by atoms with van der Waals surface area (Å²) in [6.07, 6.45) is 7.39. The monoisotopic (exact) mass is 366 g/mol. The van der Waals surface area contributed by atoms with Crippen molar-refractivity contribution in [1.29, 1.82) is 0 Å². The lowest BCUT2D eigenvalue weighted by molar-refractivity contribution is -0.137. The Kier molecular flexibility index (Phi) is 6.54. The minimum atomic E-state index is -0.375. The van der Waals surface area contributed by atoms with E-state index in [9.17, 15) is 4.79 Å². The third-order valence-corrected chi connectivity index (χ3v) is 4.75. The molecule has 6 heteroatoms. The van der Waals surface area contributed by atoms with Crippen LogP contribution in [-0.4, -0.2) is 46.6 Å². The van der Waals surface area contributed by atoms with Crippen molar-refractivity contribution < 1.29 is 9.53 Å². The van der Waals surface area contributed by atoms with Crippen LogP contribution in [0.25, 0.3) is 6.08 Å². The van der Waals surface area contributed by atoms with Gasteiger partial charge in [0.15, 0.2) is 0 Å². The summed E-state index contributed by atoms with van der Waals surface area (Å²) in [6, 6.07) is 11.3. The summed E-state index contributed by atoms with van der Waals surface area (Å²) in [6.45, 7) is 6.42. The second-order valence-corrected chi connectivity index (χ2v) is 6.62. The van der Waals surface area contributed by atoms with Crippen molar-refractivity contribution in [2.24, 2.45) is 0 Å². The number of anilines is 1. The van der Waals surface area contributed by atoms with Crippen LogP contribution in [0.4, 0.5) is 5.82 Å². The number of nitrogens with one attached hydrogen (secondary N) is 1. The fraction of sp³-hybridized carbons (Fsp3) is 0.381. The molecule has 0 amide bonds. The van der Waals surface area contributed by atoms with Crippen molar-refractivity contribution in [2.45, 2.75) is 32.4 Å². The Labute approximate surface area is 160 Å². The van der Waals surface area contributed by atoms with E-state index in [1.54, 1.807) is 25.4 Å². The number of hydrogen-bond donors (Lipinski definition) is 1. The number of benzene rings is 1. The second-order valence-electron chi connectivity index (χ2n) is 6.62. The zero-order chi connectivity index (χ0) is 19.1. The van der Waals surface area contributed by atoms with Gasteiger partial charge in [-0.25, -0.2) is 9.78 Å². The molecular formula is C21H26N4O2. The van der Waals surface area contributed by atoms with E-state index in [2.05, 4.69) is 57.4 Å². The average Bonchev–Trinajstić information content (AvgIpc) is 3.16. The van der Waals surface area contributed by atoms with Gasteiger partial charge in [-0.1, -0.05) is 30.3 Å². The van der Waals surface area contributed by atoms with Crippen LogP contribution in [0.5, 0.6) is 0 Å². The molecule has 1 aromatic carbocycles. The topological polar surface area (TPSA) is 67.3 Å². The first-order chi connectivity index (χ1) is 13.2. The molecule has 1 unspecified atom stereocenters. The van der Waals surface area contributed by atoms with Crippen LogP contribution in [0, 0.1) is 0 Å². The minimum Gasteiger partial charge on any atom is -0.463 e. The lowest BCUT2D eigenvalue weighted by Crippen LogP contribution is -2.28. The van der Waals surface area contributed by atoms with E-state index in [-0.39, 0.29) is 5.97 Å². The molecule has 2 aromatic rings. The Bertz CT molecular complexity index is 762. The SMILES string of the molecule is CCOC(=O)C=Cc1cnc(N[C@@H]2CCN(C(C)c3ccccc3)C2)cn1. The molecule has 2 heterocycles. The highest BCUT2D eigenvalue weighted by Gasteiger charge is 2.26. The molecule has 27 heavy (non-hydrogen) atoms. The van der Waals surface area contributed by atoms with Gasteiger partial charge in [0.25, 0.3) is 0 Å². The van der Waals surface area contributed by atoms with E-state index in [1.807, 2.05) is 0 Å². The molecule has 0 bridgehead atoms. The summed E-state index contributed by atoms with van der Waals surface area (Å²) in [5.74, 6) is 0.377. The normalized spacial score (nSPS) is 18.5. The summed E-state index contributed by atoms with van der Waals surface area (Å²) in [5.41, 5.74) is 1.97. The maximum Gasteiger partial charge on any atom is 0.330 e. The number of esters is 1. The second kappa shape index (κ2) is 9.28. The Morgan fingerprint density at radius 2 is 2.15 bits per heavy atom. The Balaban J connectivity index is 1.52. The van der Waals surface area contributed by atoms with Crippen LogP contribution in [0.2, 0.25) is 0 Å². The van der Waals surface area contributed by atoms with Crippen LogP contribution in [0.1, 0.15) is 37.6 Å². The van der Waals surface area contributed by atoms with Gasteiger partial charge in [-0.05, 0) is 31.9 Å². The third kappa shape index (κ3) is 5.37. The highest BCUT2D eigenvalue weighted by Crippen LogP contribution is 2.25. The summed E-state index contributed by atoms with van der Waals surface area (Å²) in [7, 11) is 0. The van der Waals surface area contributed by atoms with Crippen molar-refractivity contribution in [2.75, 3.05) is 25.0 Å². The predicted octanol–water partition coefficient (Wildman–Crippen LogP) is 3.30. The predicted molar refractivity (Wildman–Crippen MR) is 106 cm³/mol. The number of nitrogens with zero attached hydrogens (tertiary/aromatic N) is 3. The lowest BCUT2D eigenvalue weighted by Gasteiger charge is -2.24. The maximum absolute atomic E-state index is 11.3. The number of likely N-dealkylation sites (tertiary alicyclic amines) is 1. The van der Waals surface area contributed by atoms with Gasteiger partial charge < -0.3 is 10.1 Å². The van der Waals surface area contributed by atoms with Crippen molar-refractivity contribution >= 4 is 17.9 Å². The number of aromatic nitrogens is 2. The molecule has 142 valence electrons. The van der Waals surface area contributed by atoms with Crippen LogP contribution < -0.4 is 5.32 Å². The quantitative estimate of drug-likeness (QED) is 0.599. The molecule has 1 fully saturated rings. The number of carbonyl (C=O) groups excluding carboxylic acids is 1. The summed E-state index contributed by atoms with van der Waals surface area (Å²) < 4.78 is 4.85. The number of ether oxygens (including phenoxy) is 1. The summed E-state index contributed by atoms with van der Waals surface area (Å²) >= 11 is 0. The highest BCUT2D eigenvalue weighted by atomic mass is 16.5. The Hall–Kier alpha value is -2.73. The molecule has 0 aliphatic carbocycles. The molecule has 6 nitrogen and oxygen atoms in total. The fourth-order valence-electron chi connectivity index (χ4n) is 3.25. The van der Waals surface area contributed by atoms with Gasteiger partial charge in [0, 0.05) is 31.2 Å². The first kappa shape index (κ1) is 19.0. The first-order valence-corrected chi connectivity index (χ1v) is 9.38. The van der Waals surface area contributed by atoms with E-state index < -0.39 is 0 Å². The first-order valence-electron chi connectivity index (χ1n) is 9.38. The smallest absolute Gasteiger partial charge is 0.330 e. The molecule has 0 spiro atoms. The zero-order valence-corrected chi connectivity index (χ0v) is 15.8. The van der Waals surface area contributed by atoms with Gasteiger partial charge in [-0.3, -0.25) is 9.88 Å². The van der Waals surface area contributed by atoms with E-state index in [0.717, 1.165) is 25.3 Å². The van der Waals surface area contributed by atoms with Crippen molar-refractivity contribution in [3.05, 3.63) is 60.1 Å². The van der Waals surface area contributed by atoms with Gasteiger partial charge in [0.05, 0.1) is 24.7 Å². The fourth-order valence-corrected chi connectivity index (χ4v) is 3.25. The van der Waals surface area contributed by atoms with Gasteiger partial charge in [-0.2, -0.15) is 0 Å². The van der Waals surface area contributed by atoms with Crippen LogP contribution in [-0.2, 0) is 9.53 Å². The van der Waals surface area contributed by atoms with Gasteiger partial charge in [-0.15, -0.1) is 0 Å². The van der Waals surface area contributed by atoms with Gasteiger partial charge in [0.1, 0.15) is 5.82 Å². The molecule has 0 saturated carbocycles. The van der Waals surface area contributed by atoms with E-state index in [1.165, 1.54) is 11.6 Å². The standard InChI is InChI=1S/C21H26N4O2/c1-3-27-21(26)10-9-18-13-23-20(14-22-18)24-19-11-12-25(15-19)16(2)17-7-5-4-6-8-17/h4-10,13-14,16,19H,3,11-12,15H2,1-2H3,(H,23,24)/t16?,19-/m1/s1. The summed E-state index contributed by atoms with van der Waals surface area (Å²) in [4.78, 5) is 22.5. The molecule has 2 atom stereocenters. The Morgan fingerprint density at radius 3 is 2.85 bits per heavy atom. The van der Waals surface area contributed by atoms with Gasteiger partial charge >= 0.3 is 5.97 Å². The molecule has 0 radical (unpaired) electrons. The highest BCUT2D eigenvalue weighted by molar-refractivity contribution is 5.86. The zero-order valence-electron chi connectivity index (χ0n) is 15.8. The molecule has 1 aromatic heterocycles. The van der Waals surface area contributed by atoms with Gasteiger partial charge in [0.2, 0.25) is 0 Å². The largest absolute Gasteiger partial charge is 0.463 e. The molecule has 1 aliphatic rings. The van der Waals surface area contributed by atoms with Crippen molar-refractivity contribution in [1.82, 2.24) is 14.9 Å².